The van der Waals surface area contributed by atoms with Crippen LogP contribution in [0.5, 0.6) is 11.5 Å². The van der Waals surface area contributed by atoms with Crippen LogP contribution in [0.2, 0.25) is 0 Å². The second-order valence-corrected chi connectivity index (χ2v) is 2.96. The first-order valence-corrected chi connectivity index (χ1v) is 4.39. The fourth-order valence-electron chi connectivity index (χ4n) is 1.33. The minimum atomic E-state index is -0.194. The largest absolute Gasteiger partial charge is 0.493 e. The van der Waals surface area contributed by atoms with E-state index in [1.165, 1.54) is 0 Å². The zero-order chi connectivity index (χ0) is 10.6. The summed E-state index contributed by atoms with van der Waals surface area (Å²) in [7, 11) is 3.16. The number of methoxy groups -OCH3 is 2. The number of hydrogen-bond acceptors (Lipinski definition) is 3. The van der Waals surface area contributed by atoms with Crippen LogP contribution in [-0.4, -0.2) is 25.9 Å². The van der Waals surface area contributed by atoms with Gasteiger partial charge in [-0.05, 0) is 13.0 Å². The minimum absolute atomic E-state index is 0.0104. The Kier molecular flexibility index (Phi) is 3.77. The van der Waals surface area contributed by atoms with E-state index in [1.807, 2.05) is 18.2 Å². The predicted octanol–water partition coefficient (Wildman–Crippen LogP) is 1.61. The Morgan fingerprint density at radius 2 is 2.07 bits per heavy atom. The third-order valence-electron chi connectivity index (χ3n) is 2.09. The Hall–Kier alpha value is -1.22. The fraction of sp³-hybridized carbons (Fsp3) is 0.364. The van der Waals surface area contributed by atoms with Crippen molar-refractivity contribution in [1.29, 1.82) is 0 Å². The van der Waals surface area contributed by atoms with Crippen molar-refractivity contribution in [1.82, 2.24) is 0 Å². The van der Waals surface area contributed by atoms with Crippen LogP contribution in [0.4, 0.5) is 0 Å². The maximum absolute atomic E-state index is 9.01. The van der Waals surface area contributed by atoms with Crippen LogP contribution in [0.15, 0.2) is 18.2 Å². The van der Waals surface area contributed by atoms with Gasteiger partial charge in [0.05, 0.1) is 20.8 Å². The zero-order valence-electron chi connectivity index (χ0n) is 8.49. The lowest BCUT2D eigenvalue weighted by atomic mass is 10.0. The van der Waals surface area contributed by atoms with Crippen LogP contribution in [0, 0.1) is 6.92 Å². The van der Waals surface area contributed by atoms with Crippen molar-refractivity contribution in [2.75, 3.05) is 20.8 Å². The van der Waals surface area contributed by atoms with Crippen molar-refractivity contribution in [3.05, 3.63) is 30.7 Å². The van der Waals surface area contributed by atoms with Gasteiger partial charge in [0.2, 0.25) is 0 Å². The highest BCUT2D eigenvalue weighted by molar-refractivity contribution is 5.48. The summed E-state index contributed by atoms with van der Waals surface area (Å²) in [5.41, 5.74) is 0.856. The van der Waals surface area contributed by atoms with Gasteiger partial charge in [-0.3, -0.25) is 0 Å². The number of rotatable bonds is 4. The highest BCUT2D eigenvalue weighted by atomic mass is 16.5. The van der Waals surface area contributed by atoms with Gasteiger partial charge in [-0.1, -0.05) is 12.1 Å². The van der Waals surface area contributed by atoms with E-state index in [9.17, 15) is 0 Å². The van der Waals surface area contributed by atoms with Gasteiger partial charge in [-0.25, -0.2) is 0 Å². The molecule has 77 valence electrons. The SMILES string of the molecule is [CH2]C(CO)c1cccc(OC)c1OC. The van der Waals surface area contributed by atoms with Crippen molar-refractivity contribution in [3.63, 3.8) is 0 Å². The molecule has 0 saturated carbocycles. The van der Waals surface area contributed by atoms with Crippen LogP contribution in [0.1, 0.15) is 11.5 Å². The lowest BCUT2D eigenvalue weighted by Gasteiger charge is -2.15. The maximum Gasteiger partial charge on any atom is 0.164 e. The van der Waals surface area contributed by atoms with Gasteiger partial charge in [0.15, 0.2) is 11.5 Å². The van der Waals surface area contributed by atoms with Crippen molar-refractivity contribution >= 4 is 0 Å². The molecule has 0 aromatic heterocycles. The molecule has 0 spiro atoms. The van der Waals surface area contributed by atoms with Crippen LogP contribution in [0.3, 0.4) is 0 Å². The van der Waals surface area contributed by atoms with Crippen molar-refractivity contribution in [2.24, 2.45) is 0 Å². The molecule has 1 aromatic carbocycles. The first-order valence-electron chi connectivity index (χ1n) is 4.39. The fourth-order valence-corrected chi connectivity index (χ4v) is 1.33. The van der Waals surface area contributed by atoms with Gasteiger partial charge < -0.3 is 14.6 Å². The van der Waals surface area contributed by atoms with Gasteiger partial charge >= 0.3 is 0 Å². The molecule has 0 aliphatic carbocycles. The third kappa shape index (κ3) is 1.99. The average molecular weight is 195 g/mol. The van der Waals surface area contributed by atoms with E-state index in [-0.39, 0.29) is 12.5 Å². The molecule has 1 aromatic rings. The van der Waals surface area contributed by atoms with E-state index in [4.69, 9.17) is 14.6 Å². The van der Waals surface area contributed by atoms with Crippen LogP contribution < -0.4 is 9.47 Å². The number of aliphatic hydroxyl groups excluding tert-OH is 1. The smallest absolute Gasteiger partial charge is 0.164 e. The molecule has 1 rings (SSSR count). The second kappa shape index (κ2) is 4.86. The van der Waals surface area contributed by atoms with Gasteiger partial charge in [-0.15, -0.1) is 0 Å². The summed E-state index contributed by atoms with van der Waals surface area (Å²) in [5, 5.41) is 9.01. The lowest BCUT2D eigenvalue weighted by molar-refractivity contribution is 0.277. The predicted molar refractivity (Wildman–Crippen MR) is 54.7 cm³/mol. The van der Waals surface area contributed by atoms with E-state index in [2.05, 4.69) is 6.92 Å². The first-order chi connectivity index (χ1) is 6.74. The molecule has 0 amide bonds. The van der Waals surface area contributed by atoms with Gasteiger partial charge in [0, 0.05) is 11.5 Å². The topological polar surface area (TPSA) is 38.7 Å². The summed E-state index contributed by atoms with van der Waals surface area (Å²) in [6.45, 7) is 3.81. The Morgan fingerprint density at radius 3 is 2.57 bits per heavy atom. The van der Waals surface area contributed by atoms with E-state index < -0.39 is 0 Å². The molecule has 0 heterocycles. The number of benzene rings is 1. The molecule has 14 heavy (non-hydrogen) atoms. The van der Waals surface area contributed by atoms with Gasteiger partial charge in [0.1, 0.15) is 0 Å². The summed E-state index contributed by atoms with van der Waals surface area (Å²) in [6, 6.07) is 5.53. The quantitative estimate of drug-likeness (QED) is 0.793. The first kappa shape index (κ1) is 10.9. The molecule has 1 atom stereocenters. The molecular weight excluding hydrogens is 180 g/mol. The second-order valence-electron chi connectivity index (χ2n) is 2.96. The monoisotopic (exact) mass is 195 g/mol. The van der Waals surface area contributed by atoms with E-state index in [0.717, 1.165) is 5.56 Å². The summed E-state index contributed by atoms with van der Waals surface area (Å²) >= 11 is 0. The molecule has 1 radical (unpaired) electrons. The molecule has 0 saturated heterocycles. The van der Waals surface area contributed by atoms with Crippen LogP contribution in [-0.2, 0) is 0 Å². The number of para-hydroxylation sites is 1. The Morgan fingerprint density at radius 1 is 1.36 bits per heavy atom. The van der Waals surface area contributed by atoms with Crippen molar-refractivity contribution in [3.8, 4) is 11.5 Å². The molecule has 1 unspecified atom stereocenters. The Labute approximate surface area is 84.3 Å². The van der Waals surface area contributed by atoms with Gasteiger partial charge in [0.25, 0.3) is 0 Å². The summed E-state index contributed by atoms with van der Waals surface area (Å²) in [6.07, 6.45) is 0. The molecule has 1 N–H and O–H groups in total. The zero-order valence-corrected chi connectivity index (χ0v) is 8.49. The molecular formula is C11H15O3. The highest BCUT2D eigenvalue weighted by Crippen LogP contribution is 2.34. The summed E-state index contributed by atoms with van der Waals surface area (Å²) in [5.74, 6) is 1.11. The summed E-state index contributed by atoms with van der Waals surface area (Å²) in [4.78, 5) is 0. The maximum atomic E-state index is 9.01. The normalized spacial score (nSPS) is 12.3. The molecule has 0 aliphatic rings. The van der Waals surface area contributed by atoms with Crippen LogP contribution in [0.25, 0.3) is 0 Å². The van der Waals surface area contributed by atoms with Crippen molar-refractivity contribution < 1.29 is 14.6 Å². The van der Waals surface area contributed by atoms with Crippen LogP contribution >= 0.6 is 0 Å². The molecule has 0 aliphatic heterocycles. The summed E-state index contributed by atoms with van der Waals surface area (Å²) < 4.78 is 10.4. The molecule has 3 nitrogen and oxygen atoms in total. The van der Waals surface area contributed by atoms with Gasteiger partial charge in [-0.2, -0.15) is 0 Å². The standard InChI is InChI=1S/C11H15O3/c1-8(7-12)9-5-4-6-10(13-2)11(9)14-3/h4-6,8,12H,1,7H2,2-3H3. The lowest BCUT2D eigenvalue weighted by Crippen LogP contribution is -2.03. The minimum Gasteiger partial charge on any atom is -0.493 e. The average Bonchev–Trinajstić information content (AvgIpc) is 2.26. The molecule has 3 heteroatoms. The number of aliphatic hydroxyl groups is 1. The third-order valence-corrected chi connectivity index (χ3v) is 2.09. The van der Waals surface area contributed by atoms with E-state index >= 15 is 0 Å². The molecule has 0 bridgehead atoms. The Bertz CT molecular complexity index is 297. The van der Waals surface area contributed by atoms with Crippen molar-refractivity contribution in [2.45, 2.75) is 5.92 Å². The number of ether oxygens (including phenoxy) is 2. The Balaban J connectivity index is 3.14. The molecule has 0 fully saturated rings. The number of hydrogen-bond donors (Lipinski definition) is 1. The van der Waals surface area contributed by atoms with E-state index in [0.29, 0.717) is 11.5 Å². The van der Waals surface area contributed by atoms with E-state index in [1.54, 1.807) is 14.2 Å². The highest BCUT2D eigenvalue weighted by Gasteiger charge is 2.14.